The molecule has 19 heavy (non-hydrogen) atoms. The molecule has 0 aromatic rings. The van der Waals surface area contributed by atoms with Crippen LogP contribution in [-0.4, -0.2) is 61.2 Å². The molecule has 1 saturated heterocycles. The number of hydrogen-bond acceptors (Lipinski definition) is 3. The molecule has 0 amide bonds. The van der Waals surface area contributed by atoms with E-state index in [1.165, 1.54) is 45.6 Å². The molecule has 2 atom stereocenters. The SMILES string of the molecule is CCCNC(CN1CCN(C(C)CC)CC1)C(C)C. The van der Waals surface area contributed by atoms with Crippen molar-refractivity contribution < 1.29 is 0 Å². The zero-order valence-corrected chi connectivity index (χ0v) is 13.8. The number of piperazine rings is 1. The van der Waals surface area contributed by atoms with E-state index < -0.39 is 0 Å². The summed E-state index contributed by atoms with van der Waals surface area (Å²) in [6, 6.07) is 1.40. The minimum absolute atomic E-state index is 0.648. The number of hydrogen-bond donors (Lipinski definition) is 1. The lowest BCUT2D eigenvalue weighted by Crippen LogP contribution is -2.53. The van der Waals surface area contributed by atoms with E-state index in [9.17, 15) is 0 Å². The Morgan fingerprint density at radius 1 is 1.00 bits per heavy atom. The van der Waals surface area contributed by atoms with E-state index in [1.54, 1.807) is 0 Å². The summed E-state index contributed by atoms with van der Waals surface area (Å²) >= 11 is 0. The van der Waals surface area contributed by atoms with E-state index in [-0.39, 0.29) is 0 Å². The predicted octanol–water partition coefficient (Wildman–Crippen LogP) is 2.43. The van der Waals surface area contributed by atoms with Crippen LogP contribution >= 0.6 is 0 Å². The standard InChI is InChI=1S/C16H35N3/c1-6-8-17-16(14(3)4)13-18-9-11-19(12-10-18)15(5)7-2/h14-17H,6-13H2,1-5H3. The first-order valence-corrected chi connectivity index (χ1v) is 8.28. The second-order valence-electron chi connectivity index (χ2n) is 6.40. The Balaban J connectivity index is 2.33. The maximum Gasteiger partial charge on any atom is 0.0217 e. The van der Waals surface area contributed by atoms with Crippen LogP contribution in [0.25, 0.3) is 0 Å². The van der Waals surface area contributed by atoms with Gasteiger partial charge in [-0.25, -0.2) is 0 Å². The quantitative estimate of drug-likeness (QED) is 0.730. The van der Waals surface area contributed by atoms with Gasteiger partial charge in [-0.15, -0.1) is 0 Å². The predicted molar refractivity (Wildman–Crippen MR) is 84.7 cm³/mol. The Labute approximate surface area is 120 Å². The molecule has 114 valence electrons. The Morgan fingerprint density at radius 3 is 2.11 bits per heavy atom. The Bertz CT molecular complexity index is 222. The van der Waals surface area contributed by atoms with Crippen LogP contribution in [-0.2, 0) is 0 Å². The van der Waals surface area contributed by atoms with Crippen LogP contribution in [0.15, 0.2) is 0 Å². The highest BCUT2D eigenvalue weighted by atomic mass is 15.3. The van der Waals surface area contributed by atoms with E-state index in [0.717, 1.165) is 18.5 Å². The fourth-order valence-corrected chi connectivity index (χ4v) is 2.76. The third-order valence-corrected chi connectivity index (χ3v) is 4.54. The zero-order chi connectivity index (χ0) is 14.3. The van der Waals surface area contributed by atoms with Crippen molar-refractivity contribution in [3.8, 4) is 0 Å². The molecule has 0 bridgehead atoms. The van der Waals surface area contributed by atoms with Crippen molar-refractivity contribution in [1.29, 1.82) is 0 Å². The third-order valence-electron chi connectivity index (χ3n) is 4.54. The monoisotopic (exact) mass is 269 g/mol. The molecule has 3 nitrogen and oxygen atoms in total. The van der Waals surface area contributed by atoms with E-state index >= 15 is 0 Å². The topological polar surface area (TPSA) is 18.5 Å². The lowest BCUT2D eigenvalue weighted by atomic mass is 10.0. The molecule has 2 unspecified atom stereocenters. The highest BCUT2D eigenvalue weighted by molar-refractivity contribution is 4.80. The van der Waals surface area contributed by atoms with Gasteiger partial charge in [0.1, 0.15) is 0 Å². The third kappa shape index (κ3) is 5.80. The van der Waals surface area contributed by atoms with E-state index in [4.69, 9.17) is 0 Å². The summed E-state index contributed by atoms with van der Waals surface area (Å²) in [4.78, 5) is 5.28. The lowest BCUT2D eigenvalue weighted by Gasteiger charge is -2.39. The smallest absolute Gasteiger partial charge is 0.0217 e. The first kappa shape index (κ1) is 16.9. The summed E-state index contributed by atoms with van der Waals surface area (Å²) in [6.07, 6.45) is 2.50. The highest BCUT2D eigenvalue weighted by Crippen LogP contribution is 2.11. The summed E-state index contributed by atoms with van der Waals surface area (Å²) in [7, 11) is 0. The van der Waals surface area contributed by atoms with Gasteiger partial charge in [0, 0.05) is 44.8 Å². The van der Waals surface area contributed by atoms with Crippen LogP contribution in [0.3, 0.4) is 0 Å². The van der Waals surface area contributed by atoms with E-state index in [2.05, 4.69) is 49.7 Å². The van der Waals surface area contributed by atoms with Gasteiger partial charge in [0.05, 0.1) is 0 Å². The van der Waals surface area contributed by atoms with E-state index in [1.807, 2.05) is 0 Å². The summed E-state index contributed by atoms with van der Waals surface area (Å²) in [6.45, 7) is 18.9. The van der Waals surface area contributed by atoms with Crippen molar-refractivity contribution in [2.45, 2.75) is 59.5 Å². The molecule has 3 heteroatoms. The molecule has 0 aromatic carbocycles. The van der Waals surface area contributed by atoms with E-state index in [0.29, 0.717) is 6.04 Å². The molecule has 1 aliphatic rings. The summed E-state index contributed by atoms with van der Waals surface area (Å²) in [5.74, 6) is 0.721. The van der Waals surface area contributed by atoms with Gasteiger partial charge in [-0.1, -0.05) is 27.7 Å². The van der Waals surface area contributed by atoms with Gasteiger partial charge in [-0.2, -0.15) is 0 Å². The van der Waals surface area contributed by atoms with Crippen LogP contribution in [0, 0.1) is 5.92 Å². The van der Waals surface area contributed by atoms with Gasteiger partial charge in [-0.3, -0.25) is 9.80 Å². The molecule has 0 spiro atoms. The normalized spacial score (nSPS) is 21.8. The molecular formula is C16H35N3. The van der Waals surface area contributed by atoms with Crippen molar-refractivity contribution >= 4 is 0 Å². The number of rotatable bonds is 8. The van der Waals surface area contributed by atoms with Crippen LogP contribution in [0.1, 0.15) is 47.5 Å². The molecule has 0 radical (unpaired) electrons. The van der Waals surface area contributed by atoms with Crippen LogP contribution in [0.2, 0.25) is 0 Å². The maximum atomic E-state index is 3.71. The van der Waals surface area contributed by atoms with Crippen molar-refractivity contribution in [2.24, 2.45) is 5.92 Å². The fraction of sp³-hybridized carbons (Fsp3) is 1.00. The molecule has 0 saturated carbocycles. The maximum absolute atomic E-state index is 3.71. The van der Waals surface area contributed by atoms with Crippen molar-refractivity contribution in [1.82, 2.24) is 15.1 Å². The average Bonchev–Trinajstić information content (AvgIpc) is 2.43. The summed E-state index contributed by atoms with van der Waals surface area (Å²) in [5.41, 5.74) is 0. The molecule has 1 N–H and O–H groups in total. The Hall–Kier alpha value is -0.120. The fourth-order valence-electron chi connectivity index (χ4n) is 2.76. The highest BCUT2D eigenvalue weighted by Gasteiger charge is 2.23. The minimum Gasteiger partial charge on any atom is -0.312 e. The van der Waals surface area contributed by atoms with Gasteiger partial charge in [0.25, 0.3) is 0 Å². The van der Waals surface area contributed by atoms with Crippen LogP contribution in [0.4, 0.5) is 0 Å². The molecule has 1 heterocycles. The zero-order valence-electron chi connectivity index (χ0n) is 13.8. The second-order valence-corrected chi connectivity index (χ2v) is 6.40. The molecule has 1 aliphatic heterocycles. The van der Waals surface area contributed by atoms with Gasteiger partial charge in [0.15, 0.2) is 0 Å². The molecular weight excluding hydrogens is 234 g/mol. The summed E-state index contributed by atoms with van der Waals surface area (Å²) < 4.78 is 0. The Kier molecular flexibility index (Phi) is 7.96. The Morgan fingerprint density at radius 2 is 1.63 bits per heavy atom. The van der Waals surface area contributed by atoms with Crippen molar-refractivity contribution in [2.75, 3.05) is 39.3 Å². The summed E-state index contributed by atoms with van der Waals surface area (Å²) in [5, 5.41) is 3.71. The van der Waals surface area contributed by atoms with Crippen molar-refractivity contribution in [3.63, 3.8) is 0 Å². The first-order valence-electron chi connectivity index (χ1n) is 8.28. The van der Waals surface area contributed by atoms with Gasteiger partial charge in [-0.05, 0) is 32.2 Å². The van der Waals surface area contributed by atoms with Crippen LogP contribution in [0.5, 0.6) is 0 Å². The minimum atomic E-state index is 0.648. The van der Waals surface area contributed by atoms with Gasteiger partial charge in [0.2, 0.25) is 0 Å². The van der Waals surface area contributed by atoms with Gasteiger partial charge >= 0.3 is 0 Å². The molecule has 0 aliphatic carbocycles. The molecule has 1 fully saturated rings. The lowest BCUT2D eigenvalue weighted by molar-refractivity contribution is 0.0895. The second kappa shape index (κ2) is 8.93. The molecule has 0 aromatic heterocycles. The number of nitrogens with zero attached hydrogens (tertiary/aromatic N) is 2. The first-order chi connectivity index (χ1) is 9.08. The largest absolute Gasteiger partial charge is 0.312 e. The number of nitrogens with one attached hydrogen (secondary N) is 1. The van der Waals surface area contributed by atoms with Crippen molar-refractivity contribution in [3.05, 3.63) is 0 Å². The average molecular weight is 269 g/mol. The molecule has 1 rings (SSSR count). The van der Waals surface area contributed by atoms with Crippen LogP contribution < -0.4 is 5.32 Å². The van der Waals surface area contributed by atoms with Gasteiger partial charge < -0.3 is 5.32 Å².